The quantitative estimate of drug-likeness (QED) is 0.417. The third kappa shape index (κ3) is 4.68. The molecule has 0 saturated heterocycles. The van der Waals surface area contributed by atoms with Crippen LogP contribution >= 0.6 is 0 Å². The minimum atomic E-state index is -0.386. The highest BCUT2D eigenvalue weighted by Gasteiger charge is 2.07. The molecule has 2 N–H and O–H groups in total. The first kappa shape index (κ1) is 14.4. The van der Waals surface area contributed by atoms with Crippen LogP contribution in [0.3, 0.4) is 0 Å². The van der Waals surface area contributed by atoms with Crippen molar-refractivity contribution in [3.05, 3.63) is 33.9 Å². The van der Waals surface area contributed by atoms with Crippen molar-refractivity contribution in [2.24, 2.45) is 0 Å². The summed E-state index contributed by atoms with van der Waals surface area (Å²) in [6, 6.07) is 4.82. The molecule has 100 valence electrons. The van der Waals surface area contributed by atoms with Crippen LogP contribution in [0, 0.1) is 17.0 Å². The maximum atomic E-state index is 10.6. The summed E-state index contributed by atoms with van der Waals surface area (Å²) in [6.45, 7) is 4.95. The van der Waals surface area contributed by atoms with Crippen molar-refractivity contribution in [3.63, 3.8) is 0 Å². The number of methoxy groups -OCH3 is 1. The van der Waals surface area contributed by atoms with E-state index in [1.807, 2.05) is 6.92 Å². The molecule has 0 radical (unpaired) electrons. The fourth-order valence-electron chi connectivity index (χ4n) is 1.54. The van der Waals surface area contributed by atoms with Gasteiger partial charge in [-0.25, -0.2) is 0 Å². The molecule has 6 heteroatoms. The number of rotatable bonds is 8. The normalized spacial score (nSPS) is 10.3. The lowest BCUT2D eigenvalue weighted by atomic mass is 10.2. The maximum Gasteiger partial charge on any atom is 0.269 e. The van der Waals surface area contributed by atoms with Gasteiger partial charge >= 0.3 is 0 Å². The number of nitro groups is 1. The smallest absolute Gasteiger partial charge is 0.269 e. The molecule has 1 aromatic rings. The Labute approximate surface area is 106 Å². The van der Waals surface area contributed by atoms with Gasteiger partial charge in [0.25, 0.3) is 5.69 Å². The minimum Gasteiger partial charge on any atom is -0.384 e. The second-order valence-electron chi connectivity index (χ2n) is 3.93. The van der Waals surface area contributed by atoms with Crippen molar-refractivity contribution in [1.82, 2.24) is 5.32 Å². The van der Waals surface area contributed by atoms with Gasteiger partial charge in [0.05, 0.1) is 11.5 Å². The second kappa shape index (κ2) is 7.62. The highest BCUT2D eigenvalue weighted by atomic mass is 16.6. The molecular weight excluding hydrogens is 234 g/mol. The van der Waals surface area contributed by atoms with Crippen molar-refractivity contribution >= 4 is 11.4 Å². The van der Waals surface area contributed by atoms with Crippen molar-refractivity contribution in [2.75, 3.05) is 38.7 Å². The summed E-state index contributed by atoms with van der Waals surface area (Å²) in [7, 11) is 1.67. The third-order valence-corrected chi connectivity index (χ3v) is 2.52. The van der Waals surface area contributed by atoms with E-state index in [4.69, 9.17) is 4.74 Å². The Hall–Kier alpha value is -1.66. The summed E-state index contributed by atoms with van der Waals surface area (Å²) >= 11 is 0. The molecule has 0 saturated carbocycles. The molecule has 1 aromatic carbocycles. The molecule has 0 atom stereocenters. The largest absolute Gasteiger partial charge is 0.384 e. The summed E-state index contributed by atoms with van der Waals surface area (Å²) in [4.78, 5) is 10.2. The third-order valence-electron chi connectivity index (χ3n) is 2.52. The Morgan fingerprint density at radius 3 is 2.72 bits per heavy atom. The Morgan fingerprint density at radius 1 is 1.33 bits per heavy atom. The molecule has 0 aliphatic rings. The van der Waals surface area contributed by atoms with E-state index in [9.17, 15) is 10.1 Å². The number of hydrogen-bond acceptors (Lipinski definition) is 5. The molecule has 0 fully saturated rings. The van der Waals surface area contributed by atoms with E-state index in [1.54, 1.807) is 19.2 Å². The average Bonchev–Trinajstić information content (AvgIpc) is 2.35. The van der Waals surface area contributed by atoms with Crippen LogP contribution in [0.5, 0.6) is 0 Å². The van der Waals surface area contributed by atoms with Crippen molar-refractivity contribution in [3.8, 4) is 0 Å². The molecule has 0 aliphatic heterocycles. The SMILES string of the molecule is COCCNCCNc1ccc([N+](=O)[O-])cc1C. The van der Waals surface area contributed by atoms with E-state index in [1.165, 1.54) is 6.07 Å². The fourth-order valence-corrected chi connectivity index (χ4v) is 1.54. The monoisotopic (exact) mass is 253 g/mol. The van der Waals surface area contributed by atoms with Gasteiger partial charge in [-0.2, -0.15) is 0 Å². The van der Waals surface area contributed by atoms with Gasteiger partial charge in [0.2, 0.25) is 0 Å². The van der Waals surface area contributed by atoms with Gasteiger partial charge < -0.3 is 15.4 Å². The van der Waals surface area contributed by atoms with Gasteiger partial charge in [-0.1, -0.05) is 0 Å². The van der Waals surface area contributed by atoms with Gasteiger partial charge in [0, 0.05) is 44.6 Å². The second-order valence-corrected chi connectivity index (χ2v) is 3.93. The Bertz CT molecular complexity index is 396. The number of nitrogens with one attached hydrogen (secondary N) is 2. The number of anilines is 1. The Balaban J connectivity index is 2.36. The number of non-ortho nitro benzene ring substituents is 1. The average molecular weight is 253 g/mol. The number of benzene rings is 1. The zero-order chi connectivity index (χ0) is 13.4. The first-order valence-corrected chi connectivity index (χ1v) is 5.83. The molecule has 6 nitrogen and oxygen atoms in total. The van der Waals surface area contributed by atoms with Crippen LogP contribution in [0.15, 0.2) is 18.2 Å². The number of ether oxygens (including phenoxy) is 1. The van der Waals surface area contributed by atoms with Gasteiger partial charge in [-0.05, 0) is 18.6 Å². The van der Waals surface area contributed by atoms with E-state index >= 15 is 0 Å². The lowest BCUT2D eigenvalue weighted by molar-refractivity contribution is -0.384. The van der Waals surface area contributed by atoms with Crippen LogP contribution < -0.4 is 10.6 Å². The van der Waals surface area contributed by atoms with Crippen molar-refractivity contribution < 1.29 is 9.66 Å². The van der Waals surface area contributed by atoms with E-state index in [0.29, 0.717) is 6.61 Å². The lowest BCUT2D eigenvalue weighted by Crippen LogP contribution is -2.25. The zero-order valence-corrected chi connectivity index (χ0v) is 10.7. The van der Waals surface area contributed by atoms with Gasteiger partial charge in [-0.15, -0.1) is 0 Å². The number of hydrogen-bond donors (Lipinski definition) is 2. The first-order chi connectivity index (χ1) is 8.65. The summed E-state index contributed by atoms with van der Waals surface area (Å²) < 4.78 is 4.91. The minimum absolute atomic E-state index is 0.122. The predicted molar refractivity (Wildman–Crippen MR) is 71.1 cm³/mol. The van der Waals surface area contributed by atoms with Gasteiger partial charge in [0.1, 0.15) is 0 Å². The molecule has 0 spiro atoms. The van der Waals surface area contributed by atoms with E-state index < -0.39 is 0 Å². The highest BCUT2D eigenvalue weighted by molar-refractivity contribution is 5.55. The summed E-state index contributed by atoms with van der Waals surface area (Å²) in [5, 5.41) is 17.0. The molecule has 0 heterocycles. The summed E-state index contributed by atoms with van der Waals surface area (Å²) in [5.41, 5.74) is 1.92. The highest BCUT2D eigenvalue weighted by Crippen LogP contribution is 2.20. The van der Waals surface area contributed by atoms with E-state index in [0.717, 1.165) is 30.9 Å². The summed E-state index contributed by atoms with van der Waals surface area (Å²) in [5.74, 6) is 0. The number of nitrogens with zero attached hydrogens (tertiary/aromatic N) is 1. The topological polar surface area (TPSA) is 76.4 Å². The van der Waals surface area contributed by atoms with E-state index in [2.05, 4.69) is 10.6 Å². The number of aryl methyl sites for hydroxylation is 1. The molecule has 18 heavy (non-hydrogen) atoms. The molecule has 0 aliphatic carbocycles. The van der Waals surface area contributed by atoms with E-state index in [-0.39, 0.29) is 10.6 Å². The molecule has 0 bridgehead atoms. The predicted octanol–water partition coefficient (Wildman–Crippen LogP) is 1.55. The fraction of sp³-hybridized carbons (Fsp3) is 0.500. The van der Waals surface area contributed by atoms with Crippen molar-refractivity contribution in [1.29, 1.82) is 0 Å². The van der Waals surface area contributed by atoms with Crippen LogP contribution in [0.1, 0.15) is 5.56 Å². The molecule has 0 unspecified atom stereocenters. The van der Waals surface area contributed by atoms with Crippen LogP contribution in [-0.4, -0.2) is 38.3 Å². The molecule has 1 rings (SSSR count). The maximum absolute atomic E-state index is 10.6. The summed E-state index contributed by atoms with van der Waals surface area (Å²) in [6.07, 6.45) is 0. The molecule has 0 aromatic heterocycles. The van der Waals surface area contributed by atoms with Crippen LogP contribution in [0.25, 0.3) is 0 Å². The molecule has 0 amide bonds. The van der Waals surface area contributed by atoms with Crippen molar-refractivity contribution in [2.45, 2.75) is 6.92 Å². The Morgan fingerprint density at radius 2 is 2.11 bits per heavy atom. The van der Waals surface area contributed by atoms with Crippen LogP contribution in [0.2, 0.25) is 0 Å². The lowest BCUT2D eigenvalue weighted by Gasteiger charge is -2.09. The van der Waals surface area contributed by atoms with Crippen LogP contribution in [0.4, 0.5) is 11.4 Å². The molecular formula is C12H19N3O3. The zero-order valence-electron chi connectivity index (χ0n) is 10.7. The van der Waals surface area contributed by atoms with Gasteiger partial charge in [0.15, 0.2) is 0 Å². The van der Waals surface area contributed by atoms with Gasteiger partial charge in [-0.3, -0.25) is 10.1 Å². The standard InChI is InChI=1S/C12H19N3O3/c1-10-9-11(15(16)17)3-4-12(10)14-6-5-13-7-8-18-2/h3-4,9,13-14H,5-8H2,1-2H3. The number of nitro benzene ring substituents is 1. The first-order valence-electron chi connectivity index (χ1n) is 5.83. The Kier molecular flexibility index (Phi) is 6.10. The van der Waals surface area contributed by atoms with Crippen LogP contribution in [-0.2, 0) is 4.74 Å².